The van der Waals surface area contributed by atoms with Gasteiger partial charge in [0.15, 0.2) is 0 Å². The third kappa shape index (κ3) is 47.7. The predicted molar refractivity (Wildman–Crippen MR) is 230 cm³/mol. The van der Waals surface area contributed by atoms with Crippen LogP contribution in [0.5, 0.6) is 0 Å². The molecule has 3 N–H and O–H groups in total. The molecule has 2 atom stereocenters. The van der Waals surface area contributed by atoms with Gasteiger partial charge in [0.25, 0.3) is 7.82 Å². The number of aliphatic carboxylic acids is 1. The number of carbonyl (C=O) groups is 2. The molecule has 0 aliphatic rings. The Kier molecular flexibility index (Phi) is 41.4. The lowest BCUT2D eigenvalue weighted by atomic mass is 10.1. The van der Waals surface area contributed by atoms with E-state index >= 15 is 0 Å². The molecule has 0 saturated heterocycles. The summed E-state index contributed by atoms with van der Waals surface area (Å²) in [6, 6.07) is 0. The Bertz CT molecular complexity index is 1040. The molecule has 16 nitrogen and oxygen atoms in total. The zero-order valence-corrected chi connectivity index (χ0v) is 40.5. The second-order valence-electron chi connectivity index (χ2n) is 16.7. The summed E-state index contributed by atoms with van der Waals surface area (Å²) in [5.74, 6) is -1.06. The molecule has 18 heteroatoms. The smallest absolute Gasteiger partial charge is 0.472 e. The van der Waals surface area contributed by atoms with Crippen molar-refractivity contribution < 1.29 is 75.4 Å². The largest absolute Gasteiger partial charge is 0.870 e. The van der Waals surface area contributed by atoms with Crippen LogP contribution >= 0.6 is 15.6 Å². The van der Waals surface area contributed by atoms with E-state index in [1.54, 1.807) is 6.92 Å². The highest BCUT2D eigenvalue weighted by atomic mass is 31.2. The summed E-state index contributed by atoms with van der Waals surface area (Å²) in [7, 11) is 3.52. The van der Waals surface area contributed by atoms with Gasteiger partial charge < -0.3 is 47.6 Å². The van der Waals surface area contributed by atoms with E-state index in [0.717, 1.165) is 0 Å². The molecule has 0 heterocycles. The number of likely N-dealkylation sites (N-methyl/N-ethyl adjacent to an activating group) is 2. The minimum absolute atomic E-state index is 0. The van der Waals surface area contributed by atoms with Gasteiger partial charge in [-0.05, 0) is 58.3 Å². The highest BCUT2D eigenvalue weighted by Crippen LogP contribution is 2.43. The van der Waals surface area contributed by atoms with Gasteiger partial charge in [-0.2, -0.15) is 0 Å². The van der Waals surface area contributed by atoms with E-state index in [-0.39, 0.29) is 44.3 Å². The maximum Gasteiger partial charge on any atom is 0.472 e. The maximum absolute atomic E-state index is 11.5. The Balaban J connectivity index is -0.000000376. The van der Waals surface area contributed by atoms with Crippen molar-refractivity contribution in [1.29, 1.82) is 0 Å². The molecular formula is C40H90N3O13P2+. The molecular weight excluding hydrogens is 792 g/mol. The number of nitrogens with zero attached hydrogens (tertiary/aromatic N) is 3. The van der Waals surface area contributed by atoms with Crippen LogP contribution in [0.25, 0.3) is 0 Å². The van der Waals surface area contributed by atoms with Crippen LogP contribution in [-0.4, -0.2) is 155 Å². The summed E-state index contributed by atoms with van der Waals surface area (Å²) in [5, 5.41) is 8.42. The van der Waals surface area contributed by atoms with E-state index in [1.165, 1.54) is 82.0 Å². The molecule has 0 aromatic carbocycles. The molecule has 0 aromatic rings. The predicted octanol–water partition coefficient (Wildman–Crippen LogP) is 7.62. The van der Waals surface area contributed by atoms with Gasteiger partial charge in [-0.25, -0.2) is 4.57 Å². The second kappa shape index (κ2) is 37.7. The Morgan fingerprint density at radius 3 is 1.28 bits per heavy atom. The molecule has 352 valence electrons. The third-order valence-electron chi connectivity index (χ3n) is 8.84. The van der Waals surface area contributed by atoms with Gasteiger partial charge in [-0.15, -0.1) is 0 Å². The maximum atomic E-state index is 11.5. The number of rotatable bonds is 35. The highest BCUT2D eigenvalue weighted by molar-refractivity contribution is 7.47. The quantitative estimate of drug-likeness (QED) is 0.0272. The van der Waals surface area contributed by atoms with Gasteiger partial charge in [0.05, 0.1) is 88.3 Å². The van der Waals surface area contributed by atoms with Crippen LogP contribution in [-0.2, 0) is 41.6 Å². The fraction of sp³-hybridized carbons (Fsp3) is 0.950. The van der Waals surface area contributed by atoms with Gasteiger partial charge in [-0.1, -0.05) is 66.2 Å². The summed E-state index contributed by atoms with van der Waals surface area (Å²) < 4.78 is 49.5. The number of phosphoric ester groups is 2. The lowest BCUT2D eigenvalue weighted by molar-refractivity contribution is -0.929. The van der Waals surface area contributed by atoms with Crippen molar-refractivity contribution >= 4 is 27.6 Å². The fourth-order valence-electron chi connectivity index (χ4n) is 5.27. The van der Waals surface area contributed by atoms with E-state index in [2.05, 4.69) is 27.7 Å². The van der Waals surface area contributed by atoms with Crippen molar-refractivity contribution in [3.05, 3.63) is 0 Å². The monoisotopic (exact) mass is 883 g/mol. The molecule has 0 amide bonds. The molecule has 0 fully saturated rings. The van der Waals surface area contributed by atoms with Crippen LogP contribution in [0, 0.1) is 0 Å². The second-order valence-corrected chi connectivity index (χ2v) is 19.6. The van der Waals surface area contributed by atoms with Crippen molar-refractivity contribution in [3.8, 4) is 0 Å². The molecule has 0 aliphatic heterocycles. The Morgan fingerprint density at radius 1 is 0.534 bits per heavy atom. The number of phosphoric acid groups is 2. The number of unbranched alkanes of at least 4 members (excludes halogenated alkanes) is 8. The lowest BCUT2D eigenvalue weighted by Gasteiger charge is -2.39. The van der Waals surface area contributed by atoms with E-state index in [9.17, 15) is 28.5 Å². The molecule has 2 unspecified atom stereocenters. The van der Waals surface area contributed by atoms with Crippen LogP contribution in [0.1, 0.15) is 137 Å². The first-order valence-electron chi connectivity index (χ1n) is 21.6. The average molecular weight is 883 g/mol. The normalized spacial score (nSPS) is 13.8. The summed E-state index contributed by atoms with van der Waals surface area (Å²) in [6.45, 7) is 18.8. The Labute approximate surface area is 354 Å². The number of ether oxygens (including phenoxy) is 1. The fourth-order valence-corrected chi connectivity index (χ4v) is 6.75. The van der Waals surface area contributed by atoms with Crippen molar-refractivity contribution in [2.45, 2.75) is 137 Å². The van der Waals surface area contributed by atoms with Crippen molar-refractivity contribution in [2.24, 2.45) is 0 Å². The van der Waals surface area contributed by atoms with E-state index in [4.69, 9.17) is 27.9 Å². The average Bonchev–Trinajstić information content (AvgIpc) is 3.10. The zero-order valence-electron chi connectivity index (χ0n) is 38.8. The lowest BCUT2D eigenvalue weighted by Crippen LogP contribution is -2.50. The molecule has 0 aliphatic carbocycles. The van der Waals surface area contributed by atoms with Crippen molar-refractivity contribution in [2.75, 3.05) is 115 Å². The number of esters is 1. The van der Waals surface area contributed by atoms with Crippen molar-refractivity contribution in [1.82, 2.24) is 0 Å². The van der Waals surface area contributed by atoms with Gasteiger partial charge in [-0.3, -0.25) is 23.2 Å². The van der Waals surface area contributed by atoms with Crippen molar-refractivity contribution in [3.63, 3.8) is 0 Å². The number of quaternary nitrogens is 3. The number of carboxylic acid groups (broad SMARTS) is 1. The van der Waals surface area contributed by atoms with Gasteiger partial charge in [0.1, 0.15) is 26.3 Å². The Hall–Kier alpha value is -1.00. The molecule has 0 radical (unpaired) electrons. The van der Waals surface area contributed by atoms with Crippen LogP contribution < -0.4 is 4.89 Å². The molecule has 0 rings (SSSR count). The summed E-state index contributed by atoms with van der Waals surface area (Å²) >= 11 is 0. The first-order chi connectivity index (χ1) is 26.5. The molecule has 0 saturated carbocycles. The summed E-state index contributed by atoms with van der Waals surface area (Å²) in [6.07, 6.45) is 15.2. The van der Waals surface area contributed by atoms with E-state index in [1.807, 2.05) is 42.3 Å². The SMILES string of the molecule is CCCC[N+](CCCC)(CCCC)CCCC.CCOC(=O)CCCCCOP(=O)([O-])OCC[N+](C)(C)C.C[N+](C)(C)CCOP(=O)(O)OCCCCCC(=O)O.[OH-]. The summed E-state index contributed by atoms with van der Waals surface area (Å²) in [5.41, 5.74) is 0. The zero-order chi connectivity index (χ0) is 44.3. The first-order valence-corrected chi connectivity index (χ1v) is 24.5. The number of hydrogen-bond donors (Lipinski definition) is 2. The van der Waals surface area contributed by atoms with Crippen LogP contribution in [0.15, 0.2) is 0 Å². The summed E-state index contributed by atoms with van der Waals surface area (Å²) in [4.78, 5) is 42.1. The topological polar surface area (TPSA) is 208 Å². The number of carbonyl (C=O) groups excluding carboxylic acids is 1. The first kappa shape index (κ1) is 63.6. The van der Waals surface area contributed by atoms with Crippen LogP contribution in [0.3, 0.4) is 0 Å². The minimum Gasteiger partial charge on any atom is -0.870 e. The number of hydrogen-bond acceptors (Lipinski definition) is 11. The van der Waals surface area contributed by atoms with Crippen LogP contribution in [0.2, 0.25) is 0 Å². The van der Waals surface area contributed by atoms with Gasteiger partial charge >= 0.3 is 19.8 Å². The molecule has 0 bridgehead atoms. The van der Waals surface area contributed by atoms with Crippen LogP contribution in [0.4, 0.5) is 0 Å². The van der Waals surface area contributed by atoms with E-state index < -0.39 is 21.6 Å². The number of carboxylic acids is 1. The van der Waals surface area contributed by atoms with Gasteiger partial charge in [0.2, 0.25) is 0 Å². The Morgan fingerprint density at radius 2 is 0.897 bits per heavy atom. The molecule has 0 aromatic heterocycles. The van der Waals surface area contributed by atoms with E-state index in [0.29, 0.717) is 73.6 Å². The molecule has 58 heavy (non-hydrogen) atoms. The third-order valence-corrected chi connectivity index (χ3v) is 10.9. The standard InChI is InChI=1S/C16H36N.C13H28NO6P.C11H24NO6P.H2O/c1-5-9-13-17(14-10-6-2,15-11-7-3)16-12-8-4;1-5-18-13(15)9-7-6-8-11-19-21(16,17)20-12-10-14(2,3)4;1-12(2,3)8-10-18-19(15,16)17-9-6-4-5-7-11(13)14;/h5-16H2,1-4H3;5-12H2,1-4H3;4-10H2,1-3H3,(H-,13,14,15,16);1H2/q+1;;;. The molecule has 0 spiro atoms. The highest BCUT2D eigenvalue weighted by Gasteiger charge is 2.25. The minimum atomic E-state index is -4.21. The van der Waals surface area contributed by atoms with Gasteiger partial charge in [0, 0.05) is 12.8 Å².